The number of rotatable bonds is 5. The van der Waals surface area contributed by atoms with Gasteiger partial charge in [-0.2, -0.15) is 0 Å². The van der Waals surface area contributed by atoms with Crippen LogP contribution < -0.4 is 0 Å². The van der Waals surface area contributed by atoms with Gasteiger partial charge in [0, 0.05) is 25.7 Å². The number of carboxylic acids is 1. The van der Waals surface area contributed by atoms with Crippen LogP contribution in [0, 0.1) is 17.3 Å². The highest BCUT2D eigenvalue weighted by Gasteiger charge is 2.49. The van der Waals surface area contributed by atoms with Gasteiger partial charge >= 0.3 is 12.0 Å². The number of nitrogens with zero attached hydrogens (tertiary/aromatic N) is 2. The standard InChI is InChI=1S/C16H30N2O3/c1-11(2)9-18(13(5)6)15(21)17-8-7-16(10-17,12(3)4)14(19)20/h11-13H,7-10H2,1-6H3,(H,19,20). The molecule has 21 heavy (non-hydrogen) atoms. The quantitative estimate of drug-likeness (QED) is 0.849. The van der Waals surface area contributed by atoms with E-state index in [0.717, 1.165) is 0 Å². The molecule has 1 aliphatic heterocycles. The Hall–Kier alpha value is -1.26. The van der Waals surface area contributed by atoms with Crippen LogP contribution in [0.1, 0.15) is 48.0 Å². The molecule has 0 aliphatic carbocycles. The van der Waals surface area contributed by atoms with E-state index in [1.54, 1.807) is 4.90 Å². The Morgan fingerprint density at radius 2 is 1.76 bits per heavy atom. The van der Waals surface area contributed by atoms with Gasteiger partial charge in [-0.25, -0.2) is 4.79 Å². The third kappa shape index (κ3) is 3.69. The summed E-state index contributed by atoms with van der Waals surface area (Å²) in [5.41, 5.74) is -0.795. The lowest BCUT2D eigenvalue weighted by Gasteiger charge is -2.34. The van der Waals surface area contributed by atoms with Gasteiger partial charge in [-0.15, -0.1) is 0 Å². The minimum absolute atomic E-state index is 0.0189. The molecule has 1 heterocycles. The van der Waals surface area contributed by atoms with Crippen molar-refractivity contribution in [3.8, 4) is 0 Å². The van der Waals surface area contributed by atoms with Crippen molar-refractivity contribution in [2.45, 2.75) is 54.0 Å². The third-order valence-electron chi connectivity index (χ3n) is 4.53. The molecule has 0 radical (unpaired) electrons. The van der Waals surface area contributed by atoms with Gasteiger partial charge in [0.1, 0.15) is 0 Å². The third-order valence-corrected chi connectivity index (χ3v) is 4.53. The number of aliphatic carboxylic acids is 1. The molecule has 1 fully saturated rings. The molecule has 0 aromatic rings. The molecule has 0 aromatic carbocycles. The van der Waals surface area contributed by atoms with Gasteiger partial charge < -0.3 is 14.9 Å². The molecule has 1 aliphatic rings. The van der Waals surface area contributed by atoms with Gasteiger partial charge in [0.05, 0.1) is 5.41 Å². The van der Waals surface area contributed by atoms with Crippen LogP contribution in [0.25, 0.3) is 0 Å². The van der Waals surface area contributed by atoms with Gasteiger partial charge in [0.15, 0.2) is 0 Å². The molecule has 0 spiro atoms. The van der Waals surface area contributed by atoms with E-state index in [1.807, 2.05) is 32.6 Å². The second-order valence-electron chi connectivity index (χ2n) is 7.21. The number of likely N-dealkylation sites (tertiary alicyclic amines) is 1. The van der Waals surface area contributed by atoms with Gasteiger partial charge in [-0.05, 0) is 32.1 Å². The summed E-state index contributed by atoms with van der Waals surface area (Å²) in [6.07, 6.45) is 0.541. The summed E-state index contributed by atoms with van der Waals surface area (Å²) in [6, 6.07) is 0.0984. The predicted octanol–water partition coefficient (Wildman–Crippen LogP) is 2.91. The highest BCUT2D eigenvalue weighted by molar-refractivity contribution is 5.80. The van der Waals surface area contributed by atoms with Crippen molar-refractivity contribution in [1.82, 2.24) is 9.80 Å². The monoisotopic (exact) mass is 298 g/mol. The number of carbonyl (C=O) groups excluding carboxylic acids is 1. The van der Waals surface area contributed by atoms with Crippen LogP contribution in [0.5, 0.6) is 0 Å². The summed E-state index contributed by atoms with van der Waals surface area (Å²) < 4.78 is 0. The zero-order valence-electron chi connectivity index (χ0n) is 14.2. The van der Waals surface area contributed by atoms with Crippen LogP contribution in [0.3, 0.4) is 0 Å². The number of carboxylic acid groups (broad SMARTS) is 1. The molecule has 2 amide bonds. The normalized spacial score (nSPS) is 22.4. The lowest BCUT2D eigenvalue weighted by Crippen LogP contribution is -2.48. The van der Waals surface area contributed by atoms with E-state index in [1.165, 1.54) is 0 Å². The molecule has 5 nitrogen and oxygen atoms in total. The van der Waals surface area contributed by atoms with E-state index >= 15 is 0 Å². The SMILES string of the molecule is CC(C)CN(C(=O)N1CCC(C(=O)O)(C(C)C)C1)C(C)C. The van der Waals surface area contributed by atoms with Crippen molar-refractivity contribution < 1.29 is 14.7 Å². The first-order valence-corrected chi connectivity index (χ1v) is 7.90. The molecule has 1 unspecified atom stereocenters. The average molecular weight is 298 g/mol. The number of urea groups is 1. The summed E-state index contributed by atoms with van der Waals surface area (Å²) in [5, 5.41) is 9.58. The molecule has 1 N–H and O–H groups in total. The van der Waals surface area contributed by atoms with E-state index in [0.29, 0.717) is 32.0 Å². The van der Waals surface area contributed by atoms with Gasteiger partial charge in [0.2, 0.25) is 0 Å². The van der Waals surface area contributed by atoms with Crippen LogP contribution in [-0.2, 0) is 4.79 Å². The van der Waals surface area contributed by atoms with Crippen LogP contribution in [0.15, 0.2) is 0 Å². The van der Waals surface area contributed by atoms with E-state index < -0.39 is 11.4 Å². The first-order valence-electron chi connectivity index (χ1n) is 7.90. The highest BCUT2D eigenvalue weighted by Crippen LogP contribution is 2.38. The fourth-order valence-corrected chi connectivity index (χ4v) is 2.97. The molecular weight excluding hydrogens is 268 g/mol. The Balaban J connectivity index is 2.87. The molecule has 122 valence electrons. The summed E-state index contributed by atoms with van der Waals surface area (Å²) >= 11 is 0. The first-order chi connectivity index (χ1) is 9.61. The average Bonchev–Trinajstić information content (AvgIpc) is 2.80. The van der Waals surface area contributed by atoms with Gasteiger partial charge in [0.25, 0.3) is 0 Å². The molecule has 0 bridgehead atoms. The Bertz CT molecular complexity index is 393. The van der Waals surface area contributed by atoms with Crippen molar-refractivity contribution in [2.75, 3.05) is 19.6 Å². The number of amides is 2. The van der Waals surface area contributed by atoms with Crippen LogP contribution >= 0.6 is 0 Å². The second kappa shape index (κ2) is 6.67. The van der Waals surface area contributed by atoms with Crippen LogP contribution in [0.2, 0.25) is 0 Å². The Labute approximate surface area is 128 Å². The molecule has 5 heteroatoms. The van der Waals surface area contributed by atoms with Crippen molar-refractivity contribution in [2.24, 2.45) is 17.3 Å². The number of hydrogen-bond donors (Lipinski definition) is 1. The van der Waals surface area contributed by atoms with E-state index in [4.69, 9.17) is 0 Å². The summed E-state index contributed by atoms with van der Waals surface area (Å²) in [4.78, 5) is 27.9. The summed E-state index contributed by atoms with van der Waals surface area (Å²) in [6.45, 7) is 13.6. The Morgan fingerprint density at radius 3 is 2.10 bits per heavy atom. The molecule has 1 saturated heterocycles. The van der Waals surface area contributed by atoms with E-state index in [-0.39, 0.29) is 18.0 Å². The number of hydrogen-bond acceptors (Lipinski definition) is 2. The smallest absolute Gasteiger partial charge is 0.320 e. The van der Waals surface area contributed by atoms with E-state index in [2.05, 4.69) is 13.8 Å². The first kappa shape index (κ1) is 17.8. The second-order valence-corrected chi connectivity index (χ2v) is 7.21. The van der Waals surface area contributed by atoms with Crippen molar-refractivity contribution >= 4 is 12.0 Å². The molecular formula is C16H30N2O3. The topological polar surface area (TPSA) is 60.9 Å². The van der Waals surface area contributed by atoms with Crippen molar-refractivity contribution in [1.29, 1.82) is 0 Å². The summed E-state index contributed by atoms with van der Waals surface area (Å²) in [5.74, 6) is -0.369. The van der Waals surface area contributed by atoms with Crippen molar-refractivity contribution in [3.63, 3.8) is 0 Å². The minimum atomic E-state index is -0.795. The predicted molar refractivity (Wildman–Crippen MR) is 83.2 cm³/mol. The molecule has 0 aromatic heterocycles. The minimum Gasteiger partial charge on any atom is -0.481 e. The lowest BCUT2D eigenvalue weighted by molar-refractivity contribution is -0.150. The fourth-order valence-electron chi connectivity index (χ4n) is 2.97. The highest BCUT2D eigenvalue weighted by atomic mass is 16.4. The largest absolute Gasteiger partial charge is 0.481 e. The maximum atomic E-state index is 12.7. The molecule has 0 saturated carbocycles. The van der Waals surface area contributed by atoms with Crippen molar-refractivity contribution in [3.05, 3.63) is 0 Å². The lowest BCUT2D eigenvalue weighted by atomic mass is 9.76. The fraction of sp³-hybridized carbons (Fsp3) is 0.875. The van der Waals surface area contributed by atoms with Gasteiger partial charge in [-0.3, -0.25) is 4.79 Å². The van der Waals surface area contributed by atoms with Crippen LogP contribution in [-0.4, -0.2) is 52.6 Å². The summed E-state index contributed by atoms with van der Waals surface area (Å²) in [7, 11) is 0. The molecule has 1 rings (SSSR count). The maximum Gasteiger partial charge on any atom is 0.320 e. The maximum absolute atomic E-state index is 12.7. The zero-order valence-corrected chi connectivity index (χ0v) is 14.2. The Kier molecular flexibility index (Phi) is 5.65. The zero-order chi connectivity index (χ0) is 16.4. The Morgan fingerprint density at radius 1 is 1.19 bits per heavy atom. The van der Waals surface area contributed by atoms with Gasteiger partial charge in [-0.1, -0.05) is 27.7 Å². The number of carbonyl (C=O) groups is 2. The molecule has 1 atom stereocenters. The van der Waals surface area contributed by atoms with E-state index in [9.17, 15) is 14.7 Å². The van der Waals surface area contributed by atoms with Crippen LogP contribution in [0.4, 0.5) is 4.79 Å².